The fourth-order valence-corrected chi connectivity index (χ4v) is 5.55. The van der Waals surface area contributed by atoms with Gasteiger partial charge >= 0.3 is 0 Å². The zero-order valence-corrected chi connectivity index (χ0v) is 23.3. The molecule has 0 radical (unpaired) electrons. The zero-order chi connectivity index (χ0) is 28.2. The standard InChI is InChI=1S/C28H35N3O7S/c1-4-17-38-22-9-5-20(6-10-22)25-24(26(32)21-7-11-23(12-8-21)39(35,36)29(2)3)27(33)28(34)31(25)14-13-30-15-18-37-19-16-30/h5-12,25,32H,4,13-19H2,1-3H3. The van der Waals surface area contributed by atoms with E-state index in [0.717, 1.165) is 23.8 Å². The van der Waals surface area contributed by atoms with Crippen LogP contribution in [0.25, 0.3) is 5.76 Å². The number of carbonyl (C=O) groups excluding carboxylic acids is 2. The molecule has 2 fully saturated rings. The maximum absolute atomic E-state index is 13.3. The highest BCUT2D eigenvalue weighted by Crippen LogP contribution is 2.40. The number of nitrogens with zero attached hydrogens (tertiary/aromatic N) is 3. The number of ketones is 1. The zero-order valence-electron chi connectivity index (χ0n) is 22.5. The Morgan fingerprint density at radius 2 is 1.67 bits per heavy atom. The Hall–Kier alpha value is -3.25. The minimum absolute atomic E-state index is 0.0348. The molecule has 0 aromatic heterocycles. The van der Waals surface area contributed by atoms with E-state index in [4.69, 9.17) is 9.47 Å². The molecule has 1 unspecified atom stereocenters. The molecular weight excluding hydrogens is 522 g/mol. The van der Waals surface area contributed by atoms with Crippen molar-refractivity contribution in [1.82, 2.24) is 14.1 Å². The SMILES string of the molecule is CCCOc1ccc(C2C(=C(O)c3ccc(S(=O)(=O)N(C)C)cc3)C(=O)C(=O)N2CCN2CCOCC2)cc1. The van der Waals surface area contributed by atoms with Crippen LogP contribution in [0.4, 0.5) is 0 Å². The lowest BCUT2D eigenvalue weighted by Crippen LogP contribution is -2.42. The molecule has 0 saturated carbocycles. The van der Waals surface area contributed by atoms with E-state index in [1.807, 2.05) is 6.92 Å². The van der Waals surface area contributed by atoms with Gasteiger partial charge in [-0.05, 0) is 48.4 Å². The number of amides is 1. The Kier molecular flexibility index (Phi) is 9.06. The number of morpholine rings is 1. The number of hydrogen-bond donors (Lipinski definition) is 1. The topological polar surface area (TPSA) is 117 Å². The third-order valence-electron chi connectivity index (χ3n) is 6.88. The van der Waals surface area contributed by atoms with Gasteiger partial charge in [-0.25, -0.2) is 12.7 Å². The second-order valence-corrected chi connectivity index (χ2v) is 11.8. The summed E-state index contributed by atoms with van der Waals surface area (Å²) in [5, 5.41) is 11.3. The number of Topliss-reactive ketones (excluding diaryl/α,β-unsaturated/α-hetero) is 1. The molecule has 4 rings (SSSR count). The molecule has 0 bridgehead atoms. The first-order valence-corrected chi connectivity index (χ1v) is 14.4. The van der Waals surface area contributed by atoms with Crippen molar-refractivity contribution in [1.29, 1.82) is 0 Å². The lowest BCUT2D eigenvalue weighted by molar-refractivity contribution is -0.140. The van der Waals surface area contributed by atoms with E-state index >= 15 is 0 Å². The van der Waals surface area contributed by atoms with Gasteiger partial charge in [0.25, 0.3) is 11.7 Å². The number of ether oxygens (including phenoxy) is 2. The van der Waals surface area contributed by atoms with Crippen LogP contribution in [0.15, 0.2) is 59.0 Å². The van der Waals surface area contributed by atoms with E-state index in [9.17, 15) is 23.1 Å². The Labute approximate surface area is 229 Å². The largest absolute Gasteiger partial charge is 0.507 e. The number of rotatable bonds is 10. The van der Waals surface area contributed by atoms with Crippen molar-refractivity contribution in [3.8, 4) is 5.75 Å². The highest BCUT2D eigenvalue weighted by atomic mass is 32.2. The number of benzene rings is 2. The van der Waals surface area contributed by atoms with Crippen molar-refractivity contribution in [2.45, 2.75) is 24.3 Å². The smallest absolute Gasteiger partial charge is 0.295 e. The van der Waals surface area contributed by atoms with Crippen LogP contribution >= 0.6 is 0 Å². The van der Waals surface area contributed by atoms with Crippen molar-refractivity contribution in [3.05, 3.63) is 65.2 Å². The van der Waals surface area contributed by atoms with Crippen molar-refractivity contribution in [2.75, 3.05) is 60.1 Å². The van der Waals surface area contributed by atoms with Crippen LogP contribution < -0.4 is 4.74 Å². The van der Waals surface area contributed by atoms with Crippen LogP contribution in [0.1, 0.15) is 30.5 Å². The normalized spacial score (nSPS) is 20.1. The summed E-state index contributed by atoms with van der Waals surface area (Å²) in [7, 11) is -0.807. The summed E-state index contributed by atoms with van der Waals surface area (Å²) >= 11 is 0. The maximum atomic E-state index is 13.3. The summed E-state index contributed by atoms with van der Waals surface area (Å²) in [6.45, 7) is 6.13. The third kappa shape index (κ3) is 6.17. The average Bonchev–Trinajstić information content (AvgIpc) is 3.20. The predicted molar refractivity (Wildman–Crippen MR) is 146 cm³/mol. The van der Waals surface area contributed by atoms with Crippen LogP contribution in [0, 0.1) is 0 Å². The minimum atomic E-state index is -3.67. The first-order chi connectivity index (χ1) is 18.6. The van der Waals surface area contributed by atoms with Crippen LogP contribution in [0.2, 0.25) is 0 Å². The van der Waals surface area contributed by atoms with Crippen LogP contribution in [-0.4, -0.2) is 99.4 Å². The van der Waals surface area contributed by atoms with Crippen LogP contribution in [-0.2, 0) is 24.3 Å². The van der Waals surface area contributed by atoms with Gasteiger partial charge in [-0.1, -0.05) is 19.1 Å². The number of aliphatic hydroxyl groups is 1. The Morgan fingerprint density at radius 1 is 1.03 bits per heavy atom. The molecule has 210 valence electrons. The molecular formula is C28H35N3O7S. The molecule has 1 N–H and O–H groups in total. The summed E-state index contributed by atoms with van der Waals surface area (Å²) in [5.41, 5.74) is 0.868. The molecule has 2 aromatic rings. The van der Waals surface area contributed by atoms with E-state index in [2.05, 4.69) is 4.90 Å². The van der Waals surface area contributed by atoms with Gasteiger partial charge in [0.2, 0.25) is 10.0 Å². The molecule has 0 aliphatic carbocycles. The van der Waals surface area contributed by atoms with Crippen molar-refractivity contribution < 1.29 is 32.6 Å². The predicted octanol–water partition coefficient (Wildman–Crippen LogP) is 2.48. The highest BCUT2D eigenvalue weighted by Gasteiger charge is 2.46. The Bertz CT molecular complexity index is 1320. The van der Waals surface area contributed by atoms with Gasteiger partial charge in [0, 0.05) is 45.8 Å². The number of carbonyl (C=O) groups is 2. The van der Waals surface area contributed by atoms with Gasteiger partial charge in [0.15, 0.2) is 0 Å². The van der Waals surface area contributed by atoms with Crippen LogP contribution in [0.5, 0.6) is 5.75 Å². The van der Waals surface area contributed by atoms with Crippen LogP contribution in [0.3, 0.4) is 0 Å². The third-order valence-corrected chi connectivity index (χ3v) is 8.71. The highest BCUT2D eigenvalue weighted by molar-refractivity contribution is 7.89. The Morgan fingerprint density at radius 3 is 2.26 bits per heavy atom. The molecule has 1 atom stereocenters. The molecule has 2 saturated heterocycles. The molecule has 2 aromatic carbocycles. The van der Waals surface area contributed by atoms with Gasteiger partial charge in [0.05, 0.1) is 36.3 Å². The van der Waals surface area contributed by atoms with Crippen molar-refractivity contribution in [2.24, 2.45) is 0 Å². The summed E-state index contributed by atoms with van der Waals surface area (Å²) in [4.78, 5) is 30.3. The number of likely N-dealkylation sites (tertiary alicyclic amines) is 1. The van der Waals surface area contributed by atoms with Crippen molar-refractivity contribution >= 4 is 27.5 Å². The summed E-state index contributed by atoms with van der Waals surface area (Å²) in [5.74, 6) is -1.15. The first kappa shape index (κ1) is 28.8. The molecule has 2 aliphatic rings. The van der Waals surface area contributed by atoms with E-state index < -0.39 is 27.8 Å². The number of hydrogen-bond acceptors (Lipinski definition) is 8. The monoisotopic (exact) mass is 557 g/mol. The number of sulfonamides is 1. The molecule has 10 nitrogen and oxygen atoms in total. The number of aliphatic hydroxyl groups excluding tert-OH is 1. The fourth-order valence-electron chi connectivity index (χ4n) is 4.65. The summed E-state index contributed by atoms with van der Waals surface area (Å²) < 4.78 is 37.1. The Balaban J connectivity index is 1.71. The average molecular weight is 558 g/mol. The van der Waals surface area contributed by atoms with Gasteiger partial charge in [0.1, 0.15) is 11.5 Å². The summed E-state index contributed by atoms with van der Waals surface area (Å²) in [6, 6.07) is 12.0. The van der Waals surface area contributed by atoms with E-state index in [-0.39, 0.29) is 21.8 Å². The first-order valence-electron chi connectivity index (χ1n) is 13.0. The van der Waals surface area contributed by atoms with E-state index in [1.54, 1.807) is 24.3 Å². The molecule has 39 heavy (non-hydrogen) atoms. The summed E-state index contributed by atoms with van der Waals surface area (Å²) in [6.07, 6.45) is 0.859. The second kappa shape index (κ2) is 12.3. The second-order valence-electron chi connectivity index (χ2n) is 9.68. The molecule has 0 spiro atoms. The maximum Gasteiger partial charge on any atom is 0.295 e. The van der Waals surface area contributed by atoms with Gasteiger partial charge < -0.3 is 19.5 Å². The quantitative estimate of drug-likeness (QED) is 0.269. The molecule has 2 aliphatic heterocycles. The van der Waals surface area contributed by atoms with Crippen molar-refractivity contribution in [3.63, 3.8) is 0 Å². The molecule has 2 heterocycles. The fraction of sp³-hybridized carbons (Fsp3) is 0.429. The minimum Gasteiger partial charge on any atom is -0.507 e. The van der Waals surface area contributed by atoms with E-state index in [0.29, 0.717) is 44.2 Å². The lowest BCUT2D eigenvalue weighted by Gasteiger charge is -2.31. The molecule has 1 amide bonds. The van der Waals surface area contributed by atoms with Gasteiger partial charge in [-0.15, -0.1) is 0 Å². The van der Waals surface area contributed by atoms with E-state index in [1.165, 1.54) is 43.3 Å². The van der Waals surface area contributed by atoms with Gasteiger partial charge in [-0.2, -0.15) is 0 Å². The lowest BCUT2D eigenvalue weighted by atomic mass is 9.95. The van der Waals surface area contributed by atoms with Gasteiger partial charge in [-0.3, -0.25) is 14.5 Å². The molecule has 11 heteroatoms.